The largest absolute Gasteiger partial charge is 0.494 e. The van der Waals surface area contributed by atoms with Crippen LogP contribution in [-0.4, -0.2) is 17.9 Å². The fourth-order valence-corrected chi connectivity index (χ4v) is 1.92. The zero-order chi connectivity index (χ0) is 13.5. The Labute approximate surface area is 117 Å². The van der Waals surface area contributed by atoms with Gasteiger partial charge in [-0.3, -0.25) is 9.78 Å². The summed E-state index contributed by atoms with van der Waals surface area (Å²) in [5.74, 6) is 0.685. The molecular weight excluding hydrogens is 262 g/mol. The number of aromatic nitrogens is 1. The van der Waals surface area contributed by atoms with Crippen molar-refractivity contribution < 1.29 is 9.53 Å². The van der Waals surface area contributed by atoms with E-state index in [1.165, 1.54) is 5.56 Å². The summed E-state index contributed by atoms with van der Waals surface area (Å²) in [5, 5.41) is 0.418. The Morgan fingerprint density at radius 2 is 2.00 bits per heavy atom. The number of pyridine rings is 1. The van der Waals surface area contributed by atoms with Crippen LogP contribution < -0.4 is 4.74 Å². The van der Waals surface area contributed by atoms with Gasteiger partial charge >= 0.3 is 0 Å². The second kappa shape index (κ2) is 6.90. The van der Waals surface area contributed by atoms with E-state index < -0.39 is 0 Å². The first kappa shape index (κ1) is 13.6. The molecule has 0 aliphatic heterocycles. The lowest BCUT2D eigenvalue weighted by Gasteiger charge is -2.07. The maximum Gasteiger partial charge on any atom is 0.151 e. The van der Waals surface area contributed by atoms with Crippen LogP contribution in [0.3, 0.4) is 0 Å². The van der Waals surface area contributed by atoms with Crippen LogP contribution >= 0.6 is 11.6 Å². The molecule has 0 atom stereocenters. The van der Waals surface area contributed by atoms with Gasteiger partial charge in [-0.1, -0.05) is 11.6 Å². The SMILES string of the molecule is O=Cc1ccc(OCCCc2ccncc2)cc1Cl. The summed E-state index contributed by atoms with van der Waals surface area (Å²) in [6.07, 6.45) is 6.16. The van der Waals surface area contributed by atoms with Gasteiger partial charge in [-0.05, 0) is 48.7 Å². The van der Waals surface area contributed by atoms with Gasteiger partial charge in [-0.2, -0.15) is 0 Å². The van der Waals surface area contributed by atoms with Crippen LogP contribution in [0.4, 0.5) is 0 Å². The number of carbonyl (C=O) groups excluding carboxylic acids is 1. The van der Waals surface area contributed by atoms with E-state index in [1.807, 2.05) is 12.1 Å². The second-order valence-corrected chi connectivity index (χ2v) is 4.52. The van der Waals surface area contributed by atoms with Crippen molar-refractivity contribution in [3.8, 4) is 5.75 Å². The maximum absolute atomic E-state index is 10.6. The van der Waals surface area contributed by atoms with Crippen molar-refractivity contribution in [2.24, 2.45) is 0 Å². The molecule has 0 unspecified atom stereocenters. The van der Waals surface area contributed by atoms with Gasteiger partial charge in [0, 0.05) is 18.0 Å². The first-order chi connectivity index (χ1) is 9.29. The summed E-state index contributed by atoms with van der Waals surface area (Å²) in [7, 11) is 0. The zero-order valence-electron chi connectivity index (χ0n) is 10.4. The molecule has 0 radical (unpaired) electrons. The van der Waals surface area contributed by atoms with Crippen molar-refractivity contribution in [3.05, 3.63) is 58.9 Å². The first-order valence-electron chi connectivity index (χ1n) is 6.06. The Morgan fingerprint density at radius 1 is 1.21 bits per heavy atom. The van der Waals surface area contributed by atoms with Gasteiger partial charge in [0.25, 0.3) is 0 Å². The van der Waals surface area contributed by atoms with Gasteiger partial charge in [0.05, 0.1) is 11.6 Å². The van der Waals surface area contributed by atoms with E-state index in [2.05, 4.69) is 4.98 Å². The summed E-state index contributed by atoms with van der Waals surface area (Å²) in [6.45, 7) is 0.610. The van der Waals surface area contributed by atoms with Crippen molar-refractivity contribution in [1.82, 2.24) is 4.98 Å². The molecule has 3 nitrogen and oxygen atoms in total. The van der Waals surface area contributed by atoms with E-state index in [0.717, 1.165) is 19.1 Å². The highest BCUT2D eigenvalue weighted by Gasteiger charge is 2.01. The Kier molecular flexibility index (Phi) is 4.93. The standard InChI is InChI=1S/C15H14ClNO2/c16-15-10-14(4-3-13(15)11-18)19-9-1-2-12-5-7-17-8-6-12/h3-8,10-11H,1-2,9H2. The average Bonchev–Trinajstić information content (AvgIpc) is 2.45. The lowest BCUT2D eigenvalue weighted by Crippen LogP contribution is -1.99. The molecule has 0 N–H and O–H groups in total. The summed E-state index contributed by atoms with van der Waals surface area (Å²) >= 11 is 5.92. The summed E-state index contributed by atoms with van der Waals surface area (Å²) in [4.78, 5) is 14.6. The topological polar surface area (TPSA) is 39.2 Å². The van der Waals surface area contributed by atoms with Crippen LogP contribution in [0.2, 0.25) is 5.02 Å². The summed E-state index contributed by atoms with van der Waals surface area (Å²) in [5.41, 5.74) is 1.72. The molecule has 1 aromatic heterocycles. The number of hydrogen-bond acceptors (Lipinski definition) is 3. The van der Waals surface area contributed by atoms with E-state index in [4.69, 9.17) is 16.3 Å². The number of ether oxygens (including phenoxy) is 1. The van der Waals surface area contributed by atoms with E-state index in [0.29, 0.717) is 22.9 Å². The van der Waals surface area contributed by atoms with Gasteiger partial charge in [0.1, 0.15) is 5.75 Å². The highest BCUT2D eigenvalue weighted by atomic mass is 35.5. The third-order valence-corrected chi connectivity index (χ3v) is 3.05. The fourth-order valence-electron chi connectivity index (χ4n) is 1.71. The minimum absolute atomic E-state index is 0.418. The molecule has 0 aliphatic carbocycles. The summed E-state index contributed by atoms with van der Waals surface area (Å²) < 4.78 is 5.59. The number of nitrogens with zero attached hydrogens (tertiary/aromatic N) is 1. The lowest BCUT2D eigenvalue weighted by molar-refractivity contribution is 0.112. The quantitative estimate of drug-likeness (QED) is 0.598. The van der Waals surface area contributed by atoms with Crippen molar-refractivity contribution in [2.45, 2.75) is 12.8 Å². The highest BCUT2D eigenvalue weighted by Crippen LogP contribution is 2.21. The molecule has 2 aromatic rings. The van der Waals surface area contributed by atoms with Crippen LogP contribution in [-0.2, 0) is 6.42 Å². The number of halogens is 1. The molecule has 4 heteroatoms. The predicted molar refractivity (Wildman–Crippen MR) is 74.9 cm³/mol. The first-order valence-corrected chi connectivity index (χ1v) is 6.44. The Hall–Kier alpha value is -1.87. The van der Waals surface area contributed by atoms with Gasteiger partial charge in [-0.15, -0.1) is 0 Å². The number of carbonyl (C=O) groups is 1. The van der Waals surface area contributed by atoms with E-state index in [9.17, 15) is 4.79 Å². The average molecular weight is 276 g/mol. The van der Waals surface area contributed by atoms with Crippen LogP contribution in [0.5, 0.6) is 5.75 Å². The predicted octanol–water partition coefficient (Wildman–Crippen LogP) is 3.56. The fraction of sp³-hybridized carbons (Fsp3) is 0.200. The van der Waals surface area contributed by atoms with Gasteiger partial charge < -0.3 is 4.74 Å². The van der Waals surface area contributed by atoms with E-state index in [-0.39, 0.29) is 0 Å². The molecule has 0 saturated heterocycles. The Bertz CT molecular complexity index is 543. The molecule has 0 bridgehead atoms. The minimum atomic E-state index is 0.418. The van der Waals surface area contributed by atoms with Gasteiger partial charge in [0.2, 0.25) is 0 Å². The smallest absolute Gasteiger partial charge is 0.151 e. The molecule has 1 heterocycles. The Balaban J connectivity index is 1.80. The van der Waals surface area contributed by atoms with Gasteiger partial charge in [-0.25, -0.2) is 0 Å². The van der Waals surface area contributed by atoms with Gasteiger partial charge in [0.15, 0.2) is 6.29 Å². The third-order valence-electron chi connectivity index (χ3n) is 2.73. The van der Waals surface area contributed by atoms with Crippen LogP contribution in [0.15, 0.2) is 42.7 Å². The molecule has 0 fully saturated rings. The molecule has 19 heavy (non-hydrogen) atoms. The van der Waals surface area contributed by atoms with Crippen molar-refractivity contribution in [1.29, 1.82) is 0 Å². The third kappa shape index (κ3) is 4.07. The highest BCUT2D eigenvalue weighted by molar-refractivity contribution is 6.33. The molecule has 0 saturated carbocycles. The number of benzene rings is 1. The minimum Gasteiger partial charge on any atom is -0.494 e. The van der Waals surface area contributed by atoms with Crippen molar-refractivity contribution in [3.63, 3.8) is 0 Å². The van der Waals surface area contributed by atoms with E-state index in [1.54, 1.807) is 30.6 Å². The van der Waals surface area contributed by atoms with Crippen molar-refractivity contribution >= 4 is 17.9 Å². The normalized spacial score (nSPS) is 10.2. The number of aryl methyl sites for hydroxylation is 1. The number of hydrogen-bond donors (Lipinski definition) is 0. The number of aldehydes is 1. The Morgan fingerprint density at radius 3 is 2.68 bits per heavy atom. The van der Waals surface area contributed by atoms with Crippen LogP contribution in [0, 0.1) is 0 Å². The van der Waals surface area contributed by atoms with Crippen LogP contribution in [0.25, 0.3) is 0 Å². The molecule has 98 valence electrons. The van der Waals surface area contributed by atoms with Crippen LogP contribution in [0.1, 0.15) is 22.3 Å². The molecule has 0 aliphatic rings. The molecule has 2 rings (SSSR count). The second-order valence-electron chi connectivity index (χ2n) is 4.11. The summed E-state index contributed by atoms with van der Waals surface area (Å²) in [6, 6.07) is 9.07. The zero-order valence-corrected chi connectivity index (χ0v) is 11.1. The lowest BCUT2D eigenvalue weighted by atomic mass is 10.1. The molecule has 0 spiro atoms. The maximum atomic E-state index is 10.6. The number of rotatable bonds is 6. The molecule has 0 amide bonds. The van der Waals surface area contributed by atoms with E-state index >= 15 is 0 Å². The molecule has 1 aromatic carbocycles. The monoisotopic (exact) mass is 275 g/mol. The molecular formula is C15H14ClNO2. The van der Waals surface area contributed by atoms with Crippen molar-refractivity contribution in [2.75, 3.05) is 6.61 Å².